The number of rotatable bonds is 2. The second-order valence-corrected chi connectivity index (χ2v) is 4.67. The number of aromatic nitrogens is 5. The Balaban J connectivity index is 1.71. The predicted octanol–water partition coefficient (Wildman–Crippen LogP) is 1.84. The van der Waals surface area contributed by atoms with Crippen molar-refractivity contribution >= 4 is 23.0 Å². The van der Waals surface area contributed by atoms with Gasteiger partial charge in [-0.1, -0.05) is 22.8 Å². The van der Waals surface area contributed by atoms with Gasteiger partial charge in [-0.05, 0) is 28.6 Å². The van der Waals surface area contributed by atoms with Crippen LogP contribution in [-0.2, 0) is 0 Å². The van der Waals surface area contributed by atoms with E-state index in [1.165, 1.54) is 10.9 Å². The van der Waals surface area contributed by atoms with Gasteiger partial charge in [0.2, 0.25) is 11.6 Å². The maximum atomic E-state index is 5.97. The lowest BCUT2D eigenvalue weighted by molar-refractivity contribution is 0.414. The quantitative estimate of drug-likeness (QED) is 0.743. The fraction of sp³-hybridized carbons (Fsp3) is 0.0909. The van der Waals surface area contributed by atoms with Crippen molar-refractivity contribution < 1.29 is 4.52 Å². The first kappa shape index (κ1) is 11.2. The van der Waals surface area contributed by atoms with E-state index in [1.54, 1.807) is 0 Å². The number of anilines is 2. The molecule has 3 heterocycles. The Morgan fingerprint density at radius 1 is 1.40 bits per heavy atom. The SMILES string of the molecule is Clc1cccc(NC2Nc3conc3-n3nnnc32)c1. The van der Waals surface area contributed by atoms with Crippen LogP contribution in [0.1, 0.15) is 12.0 Å². The van der Waals surface area contributed by atoms with Crippen LogP contribution in [0.2, 0.25) is 5.02 Å². The van der Waals surface area contributed by atoms with E-state index in [0.29, 0.717) is 22.4 Å². The molecule has 2 N–H and O–H groups in total. The van der Waals surface area contributed by atoms with Gasteiger partial charge < -0.3 is 15.2 Å². The lowest BCUT2D eigenvalue weighted by atomic mass is 10.2. The molecular formula is C11H8ClN7O. The van der Waals surface area contributed by atoms with Gasteiger partial charge >= 0.3 is 0 Å². The second-order valence-electron chi connectivity index (χ2n) is 4.23. The van der Waals surface area contributed by atoms with Crippen molar-refractivity contribution in [3.8, 4) is 5.82 Å². The normalized spacial score (nSPS) is 16.1. The summed E-state index contributed by atoms with van der Waals surface area (Å²) in [5.41, 5.74) is 1.56. The molecule has 1 aliphatic heterocycles. The summed E-state index contributed by atoms with van der Waals surface area (Å²) in [5, 5.41) is 22.6. The number of nitrogens with zero attached hydrogens (tertiary/aromatic N) is 5. The van der Waals surface area contributed by atoms with Crippen LogP contribution in [0.3, 0.4) is 0 Å². The number of benzene rings is 1. The molecule has 3 aromatic rings. The van der Waals surface area contributed by atoms with Crippen molar-refractivity contribution in [2.24, 2.45) is 0 Å². The number of hydrogen-bond acceptors (Lipinski definition) is 7. The summed E-state index contributed by atoms with van der Waals surface area (Å²) in [7, 11) is 0. The van der Waals surface area contributed by atoms with Gasteiger partial charge in [0.15, 0.2) is 6.17 Å². The van der Waals surface area contributed by atoms with E-state index in [9.17, 15) is 0 Å². The summed E-state index contributed by atoms with van der Waals surface area (Å²) in [6, 6.07) is 7.40. The Bertz CT molecular complexity index is 767. The van der Waals surface area contributed by atoms with Gasteiger partial charge in [-0.25, -0.2) is 0 Å². The summed E-state index contributed by atoms with van der Waals surface area (Å²) >= 11 is 5.97. The summed E-state index contributed by atoms with van der Waals surface area (Å²) in [6.07, 6.45) is 1.20. The van der Waals surface area contributed by atoms with E-state index in [4.69, 9.17) is 16.1 Å². The van der Waals surface area contributed by atoms with Crippen molar-refractivity contribution in [1.82, 2.24) is 25.4 Å². The molecule has 1 atom stereocenters. The molecule has 0 amide bonds. The molecule has 8 nitrogen and oxygen atoms in total. The van der Waals surface area contributed by atoms with E-state index in [1.807, 2.05) is 24.3 Å². The first-order chi connectivity index (χ1) is 9.81. The third-order valence-electron chi connectivity index (χ3n) is 2.94. The topological polar surface area (TPSA) is 93.7 Å². The second kappa shape index (κ2) is 4.20. The molecule has 1 aliphatic rings. The minimum absolute atomic E-state index is 0.310. The molecular weight excluding hydrogens is 282 g/mol. The van der Waals surface area contributed by atoms with Crippen LogP contribution in [0.25, 0.3) is 5.82 Å². The zero-order valence-corrected chi connectivity index (χ0v) is 10.7. The van der Waals surface area contributed by atoms with Crippen LogP contribution in [-0.4, -0.2) is 25.4 Å². The molecule has 0 saturated heterocycles. The lowest BCUT2D eigenvalue weighted by Crippen LogP contribution is -2.28. The maximum absolute atomic E-state index is 5.97. The first-order valence-electron chi connectivity index (χ1n) is 5.83. The van der Waals surface area contributed by atoms with Crippen molar-refractivity contribution in [3.05, 3.63) is 41.4 Å². The molecule has 0 saturated carbocycles. The Morgan fingerprint density at radius 2 is 2.35 bits per heavy atom. The lowest BCUT2D eigenvalue weighted by Gasteiger charge is -2.24. The number of halogens is 1. The van der Waals surface area contributed by atoms with Gasteiger partial charge in [0.25, 0.3) is 0 Å². The molecule has 1 unspecified atom stereocenters. The molecule has 0 fully saturated rings. The Labute approximate surface area is 117 Å². The third-order valence-corrected chi connectivity index (χ3v) is 3.17. The van der Waals surface area contributed by atoms with Crippen LogP contribution in [0.4, 0.5) is 11.4 Å². The van der Waals surface area contributed by atoms with Gasteiger partial charge in [0.05, 0.1) is 0 Å². The fourth-order valence-electron chi connectivity index (χ4n) is 2.07. The number of hydrogen-bond donors (Lipinski definition) is 2. The standard InChI is InChI=1S/C11H8ClN7O/c12-6-2-1-3-7(4-6)13-9-11-15-17-18-19(11)10-8(14-9)5-20-16-10/h1-5,9,13-14H. The third kappa shape index (κ3) is 1.69. The Morgan fingerprint density at radius 3 is 3.25 bits per heavy atom. The van der Waals surface area contributed by atoms with Crippen LogP contribution in [0.15, 0.2) is 35.1 Å². The van der Waals surface area contributed by atoms with E-state index >= 15 is 0 Å². The van der Waals surface area contributed by atoms with Crippen molar-refractivity contribution in [1.29, 1.82) is 0 Å². The van der Waals surface area contributed by atoms with Gasteiger partial charge in [-0.15, -0.1) is 5.10 Å². The summed E-state index contributed by atoms with van der Waals surface area (Å²) in [4.78, 5) is 0. The summed E-state index contributed by atoms with van der Waals surface area (Å²) < 4.78 is 6.46. The van der Waals surface area contributed by atoms with Gasteiger partial charge in [0, 0.05) is 10.7 Å². The molecule has 0 spiro atoms. The molecule has 0 aliphatic carbocycles. The van der Waals surface area contributed by atoms with Gasteiger partial charge in [-0.2, -0.15) is 4.68 Å². The average molecular weight is 290 g/mol. The highest BCUT2D eigenvalue weighted by Crippen LogP contribution is 2.31. The molecule has 0 radical (unpaired) electrons. The number of tetrazole rings is 1. The smallest absolute Gasteiger partial charge is 0.223 e. The highest BCUT2D eigenvalue weighted by molar-refractivity contribution is 6.30. The molecule has 100 valence electrons. The van der Waals surface area contributed by atoms with E-state index in [0.717, 1.165) is 5.69 Å². The Kier molecular flexibility index (Phi) is 2.36. The maximum Gasteiger partial charge on any atom is 0.223 e. The van der Waals surface area contributed by atoms with Crippen molar-refractivity contribution in [2.75, 3.05) is 10.6 Å². The largest absolute Gasteiger partial charge is 0.360 e. The number of nitrogens with one attached hydrogen (secondary N) is 2. The van der Waals surface area contributed by atoms with Gasteiger partial charge in [0.1, 0.15) is 12.0 Å². The van der Waals surface area contributed by atoms with E-state index in [2.05, 4.69) is 31.3 Å². The van der Waals surface area contributed by atoms with Crippen LogP contribution in [0, 0.1) is 0 Å². The zero-order valence-electron chi connectivity index (χ0n) is 9.99. The predicted molar refractivity (Wildman–Crippen MR) is 70.7 cm³/mol. The molecule has 20 heavy (non-hydrogen) atoms. The summed E-state index contributed by atoms with van der Waals surface area (Å²) in [5.74, 6) is 1.13. The Hall–Kier alpha value is -2.61. The molecule has 9 heteroatoms. The van der Waals surface area contributed by atoms with E-state index < -0.39 is 0 Å². The molecule has 4 rings (SSSR count). The molecule has 0 bridgehead atoms. The van der Waals surface area contributed by atoms with Crippen LogP contribution >= 0.6 is 11.6 Å². The fourth-order valence-corrected chi connectivity index (χ4v) is 2.26. The van der Waals surface area contributed by atoms with Crippen LogP contribution < -0.4 is 10.6 Å². The van der Waals surface area contributed by atoms with Crippen molar-refractivity contribution in [2.45, 2.75) is 6.17 Å². The van der Waals surface area contributed by atoms with Crippen molar-refractivity contribution in [3.63, 3.8) is 0 Å². The zero-order chi connectivity index (χ0) is 13.5. The minimum atomic E-state index is -0.310. The monoisotopic (exact) mass is 289 g/mol. The van der Waals surface area contributed by atoms with Crippen LogP contribution in [0.5, 0.6) is 0 Å². The molecule has 2 aromatic heterocycles. The highest BCUT2D eigenvalue weighted by atomic mass is 35.5. The minimum Gasteiger partial charge on any atom is -0.360 e. The average Bonchev–Trinajstić information content (AvgIpc) is 3.06. The highest BCUT2D eigenvalue weighted by Gasteiger charge is 2.29. The molecule has 1 aromatic carbocycles. The van der Waals surface area contributed by atoms with E-state index in [-0.39, 0.29) is 6.17 Å². The first-order valence-corrected chi connectivity index (χ1v) is 6.21. The number of fused-ring (bicyclic) bond motifs is 3. The van der Waals surface area contributed by atoms with Gasteiger partial charge in [-0.3, -0.25) is 0 Å². The summed E-state index contributed by atoms with van der Waals surface area (Å²) in [6.45, 7) is 0.